The second-order valence-electron chi connectivity index (χ2n) is 5.62. The van der Waals surface area contributed by atoms with E-state index in [9.17, 15) is 10.2 Å². The van der Waals surface area contributed by atoms with Gasteiger partial charge in [-0.2, -0.15) is 0 Å². The molecule has 120 valence electrons. The average molecular weight is 309 g/mol. The number of nitrogen functional groups attached to an aromatic ring is 1. The fraction of sp³-hybridized carbons (Fsp3) is 0.615. The molecule has 3 heterocycles. The normalized spacial score (nSPS) is 35.3. The van der Waals surface area contributed by atoms with Gasteiger partial charge in [0.05, 0.1) is 12.9 Å². The number of aliphatic hydroxyl groups excluding tert-OH is 2. The molecule has 9 nitrogen and oxygen atoms in total. The first-order valence-corrected chi connectivity index (χ1v) is 6.85. The molecule has 4 atom stereocenters. The molecule has 0 aliphatic carbocycles. The Kier molecular flexibility index (Phi) is 3.33. The van der Waals surface area contributed by atoms with Gasteiger partial charge in [0.2, 0.25) is 0 Å². The Morgan fingerprint density at radius 3 is 2.77 bits per heavy atom. The molecule has 0 aromatic carbocycles. The van der Waals surface area contributed by atoms with Crippen molar-refractivity contribution in [1.82, 2.24) is 19.5 Å². The first kappa shape index (κ1) is 15.1. The van der Waals surface area contributed by atoms with Gasteiger partial charge in [0, 0.05) is 7.11 Å². The summed E-state index contributed by atoms with van der Waals surface area (Å²) in [6.07, 6.45) is 1.04. The molecular weight excluding hydrogens is 290 g/mol. The van der Waals surface area contributed by atoms with E-state index in [1.165, 1.54) is 19.8 Å². The Bertz CT molecular complexity index is 707. The van der Waals surface area contributed by atoms with E-state index >= 15 is 0 Å². The lowest BCUT2D eigenvalue weighted by Crippen LogP contribution is -2.55. The Hall–Kier alpha value is -1.81. The molecule has 0 saturated carbocycles. The highest BCUT2D eigenvalue weighted by atomic mass is 16.6. The van der Waals surface area contributed by atoms with Crippen LogP contribution in [0, 0.1) is 0 Å². The molecule has 2 aromatic rings. The van der Waals surface area contributed by atoms with Crippen molar-refractivity contribution in [2.75, 3.05) is 19.5 Å². The van der Waals surface area contributed by atoms with Gasteiger partial charge in [-0.1, -0.05) is 0 Å². The predicted molar refractivity (Wildman–Crippen MR) is 76.8 cm³/mol. The molecule has 0 bridgehead atoms. The number of aromatic nitrogens is 4. The average Bonchev–Trinajstić information content (AvgIpc) is 3.03. The number of aliphatic hydroxyl groups is 2. The summed E-state index contributed by atoms with van der Waals surface area (Å²) in [5, 5.41) is 19.9. The van der Waals surface area contributed by atoms with Gasteiger partial charge in [-0.05, 0) is 13.8 Å². The van der Waals surface area contributed by atoms with Crippen LogP contribution in [0.25, 0.3) is 11.2 Å². The molecule has 0 amide bonds. The highest BCUT2D eigenvalue weighted by molar-refractivity contribution is 5.81. The first-order chi connectivity index (χ1) is 10.4. The standard InChI is InChI=1S/C13H19N5O4/c1-12(21-3)9(20)7(4-19)22-13(12,2)18-6-17-8-10(14)15-5-16-11(8)18/h5-7,9,19-20H,4H2,1-3H3,(H2,14,15,16)/t7-,9-,12-,13-/m1/s1. The summed E-state index contributed by atoms with van der Waals surface area (Å²) >= 11 is 0. The largest absolute Gasteiger partial charge is 0.394 e. The smallest absolute Gasteiger partial charge is 0.176 e. The lowest BCUT2D eigenvalue weighted by molar-refractivity contribution is -0.188. The molecule has 1 fully saturated rings. The zero-order valence-corrected chi connectivity index (χ0v) is 12.6. The fourth-order valence-corrected chi connectivity index (χ4v) is 3.01. The van der Waals surface area contributed by atoms with Gasteiger partial charge in [0.1, 0.15) is 29.7 Å². The van der Waals surface area contributed by atoms with Crippen LogP contribution in [0.1, 0.15) is 13.8 Å². The summed E-state index contributed by atoms with van der Waals surface area (Å²) in [5.41, 5.74) is 4.45. The summed E-state index contributed by atoms with van der Waals surface area (Å²) < 4.78 is 13.1. The summed E-state index contributed by atoms with van der Waals surface area (Å²) in [6, 6.07) is 0. The first-order valence-electron chi connectivity index (χ1n) is 6.85. The predicted octanol–water partition coefficient (Wildman–Crippen LogP) is -0.762. The van der Waals surface area contributed by atoms with Crippen LogP contribution in [0.3, 0.4) is 0 Å². The fourth-order valence-electron chi connectivity index (χ4n) is 3.01. The molecule has 0 radical (unpaired) electrons. The minimum atomic E-state index is -1.13. The molecule has 0 unspecified atom stereocenters. The van der Waals surface area contributed by atoms with E-state index < -0.39 is 23.5 Å². The maximum absolute atomic E-state index is 10.5. The van der Waals surface area contributed by atoms with E-state index in [1.807, 2.05) is 0 Å². The van der Waals surface area contributed by atoms with Crippen LogP contribution in [0.2, 0.25) is 0 Å². The molecule has 1 aliphatic heterocycles. The monoisotopic (exact) mass is 309 g/mol. The van der Waals surface area contributed by atoms with E-state index in [0.29, 0.717) is 11.2 Å². The molecular formula is C13H19N5O4. The SMILES string of the molecule is CO[C@]1(C)[C@H](O)[C@@H](CO)O[C@@]1(C)n1cnc2c(N)ncnc21. The van der Waals surface area contributed by atoms with E-state index in [2.05, 4.69) is 15.0 Å². The van der Waals surface area contributed by atoms with Gasteiger partial charge < -0.3 is 25.4 Å². The van der Waals surface area contributed by atoms with Crippen molar-refractivity contribution in [3.8, 4) is 0 Å². The van der Waals surface area contributed by atoms with Gasteiger partial charge in [0.25, 0.3) is 0 Å². The second-order valence-corrected chi connectivity index (χ2v) is 5.62. The van der Waals surface area contributed by atoms with E-state index in [4.69, 9.17) is 15.2 Å². The van der Waals surface area contributed by atoms with E-state index in [1.54, 1.807) is 18.4 Å². The van der Waals surface area contributed by atoms with Crippen LogP contribution in [-0.4, -0.2) is 61.3 Å². The molecule has 3 rings (SSSR count). The minimum Gasteiger partial charge on any atom is -0.394 e. The molecule has 22 heavy (non-hydrogen) atoms. The summed E-state index contributed by atoms with van der Waals surface area (Å²) in [5.74, 6) is 0.253. The summed E-state index contributed by atoms with van der Waals surface area (Å²) in [4.78, 5) is 12.3. The maximum Gasteiger partial charge on any atom is 0.176 e. The second kappa shape index (κ2) is 4.85. The Morgan fingerprint density at radius 1 is 1.41 bits per heavy atom. The van der Waals surface area contributed by atoms with Crippen molar-refractivity contribution in [2.24, 2.45) is 0 Å². The zero-order valence-electron chi connectivity index (χ0n) is 12.6. The Balaban J connectivity index is 2.21. The number of hydrogen-bond acceptors (Lipinski definition) is 8. The van der Waals surface area contributed by atoms with Crippen molar-refractivity contribution in [2.45, 2.75) is 37.4 Å². The van der Waals surface area contributed by atoms with E-state index in [-0.39, 0.29) is 12.4 Å². The number of nitrogens with two attached hydrogens (primary N) is 1. The number of ether oxygens (including phenoxy) is 2. The lowest BCUT2D eigenvalue weighted by Gasteiger charge is -2.40. The number of rotatable bonds is 3. The quantitative estimate of drug-likeness (QED) is 0.674. The molecule has 2 aromatic heterocycles. The third-order valence-electron chi connectivity index (χ3n) is 4.64. The minimum absolute atomic E-state index is 0.253. The Labute approximate surface area is 126 Å². The third kappa shape index (κ3) is 1.70. The number of nitrogens with zero attached hydrogens (tertiary/aromatic N) is 4. The van der Waals surface area contributed by atoms with Gasteiger partial charge in [0.15, 0.2) is 17.2 Å². The Morgan fingerprint density at radius 2 is 2.14 bits per heavy atom. The van der Waals surface area contributed by atoms with Gasteiger partial charge >= 0.3 is 0 Å². The van der Waals surface area contributed by atoms with Crippen LogP contribution in [0.15, 0.2) is 12.7 Å². The summed E-state index contributed by atoms with van der Waals surface area (Å²) in [6.45, 7) is 3.12. The van der Waals surface area contributed by atoms with Gasteiger partial charge in [-0.25, -0.2) is 15.0 Å². The van der Waals surface area contributed by atoms with Gasteiger partial charge in [-0.15, -0.1) is 0 Å². The van der Waals surface area contributed by atoms with Gasteiger partial charge in [-0.3, -0.25) is 4.57 Å². The van der Waals surface area contributed by atoms with Crippen molar-refractivity contribution < 1.29 is 19.7 Å². The van der Waals surface area contributed by atoms with Crippen LogP contribution in [0.4, 0.5) is 5.82 Å². The summed E-state index contributed by atoms with van der Waals surface area (Å²) in [7, 11) is 1.48. The van der Waals surface area contributed by atoms with Crippen LogP contribution < -0.4 is 5.73 Å². The molecule has 9 heteroatoms. The maximum atomic E-state index is 10.5. The molecule has 1 aliphatic rings. The highest BCUT2D eigenvalue weighted by Crippen LogP contribution is 2.46. The number of fused-ring (bicyclic) bond motifs is 1. The number of anilines is 1. The van der Waals surface area contributed by atoms with Crippen molar-refractivity contribution >= 4 is 17.0 Å². The number of imidazole rings is 1. The van der Waals surface area contributed by atoms with E-state index in [0.717, 1.165) is 0 Å². The molecule has 4 N–H and O–H groups in total. The number of hydrogen-bond donors (Lipinski definition) is 3. The van der Waals surface area contributed by atoms with Crippen LogP contribution >= 0.6 is 0 Å². The van der Waals surface area contributed by atoms with Crippen molar-refractivity contribution in [3.63, 3.8) is 0 Å². The molecule has 1 saturated heterocycles. The van der Waals surface area contributed by atoms with Crippen molar-refractivity contribution in [1.29, 1.82) is 0 Å². The third-order valence-corrected chi connectivity index (χ3v) is 4.64. The topological polar surface area (TPSA) is 129 Å². The number of methoxy groups -OCH3 is 1. The van der Waals surface area contributed by atoms with Crippen LogP contribution in [-0.2, 0) is 15.2 Å². The van der Waals surface area contributed by atoms with Crippen LogP contribution in [0.5, 0.6) is 0 Å². The lowest BCUT2D eigenvalue weighted by atomic mass is 9.88. The van der Waals surface area contributed by atoms with Crippen molar-refractivity contribution in [3.05, 3.63) is 12.7 Å². The molecule has 0 spiro atoms. The highest BCUT2D eigenvalue weighted by Gasteiger charge is 2.62. The zero-order chi connectivity index (χ0) is 16.1.